The van der Waals surface area contributed by atoms with E-state index < -0.39 is 0 Å². The Morgan fingerprint density at radius 1 is 1.16 bits per heavy atom. The molecule has 3 heterocycles. The molecule has 164 valence electrons. The summed E-state index contributed by atoms with van der Waals surface area (Å²) in [4.78, 5) is 19.0. The number of aldehydes is 1. The third kappa shape index (κ3) is 3.01. The zero-order valence-electron chi connectivity index (χ0n) is 19.0. The molecule has 0 spiro atoms. The van der Waals surface area contributed by atoms with E-state index in [1.165, 1.54) is 35.5 Å². The predicted octanol–water partition coefficient (Wildman–Crippen LogP) is 4.93. The number of rotatable bonds is 3. The van der Waals surface area contributed by atoms with Gasteiger partial charge in [0.2, 0.25) is 0 Å². The summed E-state index contributed by atoms with van der Waals surface area (Å²) in [5, 5.41) is 5.06. The lowest BCUT2D eigenvalue weighted by molar-refractivity contribution is -0.109. The zero-order valence-corrected chi connectivity index (χ0v) is 19.0. The molecule has 0 amide bonds. The molecule has 0 bridgehead atoms. The van der Waals surface area contributed by atoms with Gasteiger partial charge in [-0.05, 0) is 81.1 Å². The van der Waals surface area contributed by atoms with Gasteiger partial charge in [-0.25, -0.2) is 4.98 Å². The maximum atomic E-state index is 11.3. The number of allylic oxidation sites excluding steroid dienone is 6. The van der Waals surface area contributed by atoms with Gasteiger partial charge in [0.15, 0.2) is 5.65 Å². The Balaban J connectivity index is 1.51. The normalized spacial score (nSPS) is 22.7. The van der Waals surface area contributed by atoms with Crippen LogP contribution >= 0.6 is 0 Å². The van der Waals surface area contributed by atoms with Crippen LogP contribution in [0.25, 0.3) is 11.2 Å². The molecule has 32 heavy (non-hydrogen) atoms. The van der Waals surface area contributed by atoms with E-state index in [2.05, 4.69) is 47.6 Å². The van der Waals surface area contributed by atoms with E-state index in [0.29, 0.717) is 0 Å². The highest BCUT2D eigenvalue weighted by molar-refractivity contribution is 5.89. The van der Waals surface area contributed by atoms with Crippen molar-refractivity contribution in [3.63, 3.8) is 0 Å². The molecular formula is C27H30N4O. The van der Waals surface area contributed by atoms with Crippen molar-refractivity contribution in [1.82, 2.24) is 14.6 Å². The number of aryl methyl sites for hydroxylation is 2. The lowest BCUT2D eigenvalue weighted by Gasteiger charge is -2.34. The van der Waals surface area contributed by atoms with Crippen LogP contribution in [-0.4, -0.2) is 34.0 Å². The maximum Gasteiger partial charge on any atom is 0.165 e. The van der Waals surface area contributed by atoms with Gasteiger partial charge < -0.3 is 9.69 Å². The van der Waals surface area contributed by atoms with Gasteiger partial charge in [-0.1, -0.05) is 24.3 Å². The summed E-state index contributed by atoms with van der Waals surface area (Å²) in [6.07, 6.45) is 17.5. The van der Waals surface area contributed by atoms with E-state index in [9.17, 15) is 4.79 Å². The number of aromatic nitrogens is 3. The Hall–Kier alpha value is -2.95. The van der Waals surface area contributed by atoms with E-state index in [-0.39, 0.29) is 5.92 Å². The second-order valence-electron chi connectivity index (χ2n) is 9.65. The highest BCUT2D eigenvalue weighted by Crippen LogP contribution is 2.39. The quantitative estimate of drug-likeness (QED) is 0.653. The van der Waals surface area contributed by atoms with Crippen molar-refractivity contribution in [2.24, 2.45) is 5.92 Å². The van der Waals surface area contributed by atoms with Gasteiger partial charge in [0.05, 0.1) is 5.69 Å². The summed E-state index contributed by atoms with van der Waals surface area (Å²) in [6, 6.07) is 0. The second-order valence-corrected chi connectivity index (χ2v) is 9.65. The summed E-state index contributed by atoms with van der Waals surface area (Å²) in [5.74, 6) is 1.25. The number of carbonyl (C=O) groups excluding carboxylic acids is 1. The third-order valence-corrected chi connectivity index (χ3v) is 7.58. The van der Waals surface area contributed by atoms with Crippen molar-refractivity contribution < 1.29 is 4.79 Å². The van der Waals surface area contributed by atoms with Crippen LogP contribution in [-0.2, 0) is 17.6 Å². The van der Waals surface area contributed by atoms with Gasteiger partial charge in [0.1, 0.15) is 12.1 Å². The molecule has 4 aliphatic rings. The Labute approximate surface area is 189 Å². The number of hydrogen-bond acceptors (Lipinski definition) is 4. The van der Waals surface area contributed by atoms with Gasteiger partial charge in [0.25, 0.3) is 0 Å². The number of carbonyl (C=O) groups is 1. The third-order valence-electron chi connectivity index (χ3n) is 7.58. The molecule has 1 atom stereocenters. The smallest absolute Gasteiger partial charge is 0.165 e. The maximum absolute atomic E-state index is 11.3. The van der Waals surface area contributed by atoms with Gasteiger partial charge in [-0.2, -0.15) is 9.61 Å². The van der Waals surface area contributed by atoms with Gasteiger partial charge in [-0.15, -0.1) is 0 Å². The second kappa shape index (κ2) is 7.58. The average molecular weight is 427 g/mol. The Bertz CT molecular complexity index is 1260. The Morgan fingerprint density at radius 2 is 2.06 bits per heavy atom. The molecule has 3 aliphatic carbocycles. The van der Waals surface area contributed by atoms with Crippen LogP contribution in [0.3, 0.4) is 0 Å². The molecule has 2 aromatic heterocycles. The first-order chi connectivity index (χ1) is 15.6. The van der Waals surface area contributed by atoms with Gasteiger partial charge in [0, 0.05) is 35.8 Å². The van der Waals surface area contributed by atoms with E-state index in [0.717, 1.165) is 74.0 Å². The molecule has 0 saturated heterocycles. The fraction of sp³-hybridized carbons (Fsp3) is 0.444. The first-order valence-corrected chi connectivity index (χ1v) is 12.0. The minimum Gasteiger partial charge on any atom is -0.352 e. The lowest BCUT2D eigenvalue weighted by atomic mass is 9.88. The molecule has 0 fully saturated rings. The predicted molar refractivity (Wildman–Crippen MR) is 128 cm³/mol. The van der Waals surface area contributed by atoms with Crippen molar-refractivity contribution in [3.05, 3.63) is 63.5 Å². The van der Waals surface area contributed by atoms with Crippen LogP contribution in [0.4, 0.5) is 5.82 Å². The number of hydrogen-bond donors (Lipinski definition) is 0. The monoisotopic (exact) mass is 426 g/mol. The first-order valence-electron chi connectivity index (χ1n) is 12.0. The summed E-state index contributed by atoms with van der Waals surface area (Å²) in [6.45, 7) is 6.24. The van der Waals surface area contributed by atoms with Crippen LogP contribution in [0.1, 0.15) is 61.5 Å². The summed E-state index contributed by atoms with van der Waals surface area (Å²) < 4.78 is 2.14. The van der Waals surface area contributed by atoms with Crippen LogP contribution in [0, 0.1) is 12.8 Å². The minimum atomic E-state index is -0.0194. The van der Waals surface area contributed by atoms with Crippen LogP contribution in [0.15, 0.2) is 41.0 Å². The fourth-order valence-electron chi connectivity index (χ4n) is 5.99. The highest BCUT2D eigenvalue weighted by Gasteiger charge is 2.30. The molecule has 0 N–H and O–H groups in total. The topological polar surface area (TPSA) is 50.5 Å². The molecule has 5 nitrogen and oxygen atoms in total. The fourth-order valence-corrected chi connectivity index (χ4v) is 5.99. The molecule has 1 aliphatic heterocycles. The summed E-state index contributed by atoms with van der Waals surface area (Å²) >= 11 is 0. The van der Waals surface area contributed by atoms with Crippen LogP contribution in [0.2, 0.25) is 0 Å². The van der Waals surface area contributed by atoms with Crippen molar-refractivity contribution in [3.8, 4) is 0 Å². The number of nitrogens with zero attached hydrogens (tertiary/aromatic N) is 4. The summed E-state index contributed by atoms with van der Waals surface area (Å²) in [5.41, 5.74) is 11.3. The molecule has 2 aromatic rings. The van der Waals surface area contributed by atoms with Crippen molar-refractivity contribution in [2.75, 3.05) is 18.0 Å². The lowest BCUT2D eigenvalue weighted by Crippen LogP contribution is -2.34. The molecule has 0 saturated carbocycles. The molecular weight excluding hydrogens is 396 g/mol. The SMILES string of the molecule is CC1=CC(C=O)CC=C1c1c(C)nn2c(N3CCC4=C(CCC=C4)C3)c3c(nc12)CCC3. The average Bonchev–Trinajstić information content (AvgIpc) is 3.40. The van der Waals surface area contributed by atoms with E-state index >= 15 is 0 Å². The standard InChI is InChI=1S/C27H30N4O/c1-17-14-19(16-32)10-11-22(17)25-18(2)29-31-26(25)28-24-9-5-8-23(24)27(31)30-13-12-20-6-3-4-7-21(20)15-30/h3,6,11,14,16,19H,4-5,7-10,12-13,15H2,1-2H3. The highest BCUT2D eigenvalue weighted by atomic mass is 16.1. The van der Waals surface area contributed by atoms with Crippen LogP contribution in [0.5, 0.6) is 0 Å². The van der Waals surface area contributed by atoms with E-state index in [1.807, 2.05) is 0 Å². The molecule has 0 radical (unpaired) electrons. The van der Waals surface area contributed by atoms with E-state index in [4.69, 9.17) is 10.1 Å². The van der Waals surface area contributed by atoms with E-state index in [1.54, 1.807) is 11.1 Å². The molecule has 5 heteroatoms. The van der Waals surface area contributed by atoms with Gasteiger partial charge >= 0.3 is 0 Å². The Morgan fingerprint density at radius 3 is 2.91 bits per heavy atom. The van der Waals surface area contributed by atoms with Crippen molar-refractivity contribution >= 4 is 23.3 Å². The molecule has 1 unspecified atom stereocenters. The first kappa shape index (κ1) is 19.7. The van der Waals surface area contributed by atoms with Crippen LogP contribution < -0.4 is 4.90 Å². The van der Waals surface area contributed by atoms with Crippen molar-refractivity contribution in [1.29, 1.82) is 0 Å². The largest absolute Gasteiger partial charge is 0.352 e. The van der Waals surface area contributed by atoms with Crippen molar-refractivity contribution in [2.45, 2.75) is 58.8 Å². The minimum absolute atomic E-state index is 0.0194. The zero-order chi connectivity index (χ0) is 21.8. The summed E-state index contributed by atoms with van der Waals surface area (Å²) in [7, 11) is 0. The molecule has 0 aromatic carbocycles. The number of anilines is 1. The number of fused-ring (bicyclic) bond motifs is 2. The van der Waals surface area contributed by atoms with Gasteiger partial charge in [-0.3, -0.25) is 0 Å². The Kier molecular flexibility index (Phi) is 4.67. The molecule has 6 rings (SSSR count).